The fourth-order valence-corrected chi connectivity index (χ4v) is 4.80. The number of aromatic hydroxyl groups is 1. The van der Waals surface area contributed by atoms with E-state index >= 15 is 0 Å². The summed E-state index contributed by atoms with van der Waals surface area (Å²) in [6, 6.07) is 13.5. The number of carbonyl (C=O) groups excluding carboxylic acids is 4. The number of nitrogens with zero attached hydrogens (tertiary/aromatic N) is 2. The zero-order valence-corrected chi connectivity index (χ0v) is 26.5. The Bertz CT molecular complexity index is 1370. The number of anilines is 4. The second-order valence-corrected chi connectivity index (χ2v) is 11.0. The molecule has 2 atom stereocenters. The first kappa shape index (κ1) is 34.7. The van der Waals surface area contributed by atoms with E-state index in [0.717, 1.165) is 38.5 Å². The summed E-state index contributed by atoms with van der Waals surface area (Å²) in [6.07, 6.45) is 6.93. The Morgan fingerprint density at radius 2 is 1.00 bits per heavy atom. The minimum atomic E-state index is -0.610. The maximum absolute atomic E-state index is 13.1. The Morgan fingerprint density at radius 1 is 0.622 bits per heavy atom. The number of rotatable bonds is 16. The predicted octanol–water partition coefficient (Wildman–Crippen LogP) is 7.00. The van der Waals surface area contributed by atoms with E-state index in [1.54, 1.807) is 36.4 Å². The Kier molecular flexibility index (Phi) is 13.5. The average molecular weight is 617 g/mol. The quantitative estimate of drug-likeness (QED) is 0.116. The molecule has 3 aromatic rings. The molecule has 0 spiro atoms. The molecule has 4 amide bonds. The SMILES string of the molecule is CCCCC(CC)C(=O)Nc1cccc(NC(=O)c2cc(O)cc(C(=O)Nc3cccc(NC(=O)C(CC)CCCC)n3)c2)n1. The molecule has 0 saturated heterocycles. The number of hydrogen-bond acceptors (Lipinski definition) is 7. The van der Waals surface area contributed by atoms with Crippen LogP contribution in [0, 0.1) is 11.8 Å². The van der Waals surface area contributed by atoms with Gasteiger partial charge in [-0.15, -0.1) is 0 Å². The molecular formula is C34H44N6O5. The number of pyridine rings is 2. The molecule has 11 nitrogen and oxygen atoms in total. The molecular weight excluding hydrogens is 572 g/mol. The lowest BCUT2D eigenvalue weighted by Gasteiger charge is -2.15. The van der Waals surface area contributed by atoms with Crippen LogP contribution < -0.4 is 21.3 Å². The van der Waals surface area contributed by atoms with Gasteiger partial charge in [-0.1, -0.05) is 65.5 Å². The first-order valence-corrected chi connectivity index (χ1v) is 15.7. The van der Waals surface area contributed by atoms with Crippen molar-refractivity contribution in [2.75, 3.05) is 21.3 Å². The number of phenolic OH excluding ortho intramolecular Hbond substituents is 1. The number of phenols is 1. The van der Waals surface area contributed by atoms with Crippen LogP contribution in [0.25, 0.3) is 0 Å². The highest BCUT2D eigenvalue weighted by atomic mass is 16.3. The first-order valence-electron chi connectivity index (χ1n) is 15.7. The van der Waals surface area contributed by atoms with Crippen molar-refractivity contribution in [1.29, 1.82) is 0 Å². The van der Waals surface area contributed by atoms with Crippen molar-refractivity contribution in [1.82, 2.24) is 9.97 Å². The summed E-state index contributed by atoms with van der Waals surface area (Å²) in [5.74, 6) is -0.996. The zero-order valence-electron chi connectivity index (χ0n) is 26.5. The molecule has 0 bridgehead atoms. The first-order chi connectivity index (χ1) is 21.7. The summed E-state index contributed by atoms with van der Waals surface area (Å²) in [7, 11) is 0. The van der Waals surface area contributed by atoms with Gasteiger partial charge in [-0.2, -0.15) is 0 Å². The largest absolute Gasteiger partial charge is 0.508 e. The van der Waals surface area contributed by atoms with Gasteiger partial charge in [0.1, 0.15) is 29.0 Å². The van der Waals surface area contributed by atoms with Gasteiger partial charge in [-0.3, -0.25) is 19.2 Å². The van der Waals surface area contributed by atoms with Crippen molar-refractivity contribution in [3.63, 3.8) is 0 Å². The van der Waals surface area contributed by atoms with Crippen LogP contribution in [-0.4, -0.2) is 38.7 Å². The molecule has 0 saturated carbocycles. The van der Waals surface area contributed by atoms with E-state index in [1.807, 2.05) is 13.8 Å². The molecule has 2 heterocycles. The van der Waals surface area contributed by atoms with Gasteiger partial charge >= 0.3 is 0 Å². The van der Waals surface area contributed by atoms with Gasteiger partial charge in [0.25, 0.3) is 11.8 Å². The van der Waals surface area contributed by atoms with E-state index in [0.29, 0.717) is 24.5 Å². The standard InChI is InChI=1S/C34H44N6O5/c1-5-9-13-22(7-3)31(42)37-27-15-11-17-29(35-27)39-33(44)24-19-25(21-26(41)20-24)34(45)40-30-18-12-16-28(36-30)38-32(43)23(8-4)14-10-6-2/h11-12,15-23,41H,5-10,13-14H2,1-4H3,(H2,35,37,39,42,44)(H2,36,38,40,43,45). The minimum absolute atomic E-state index is 0.0219. The van der Waals surface area contributed by atoms with Crippen molar-refractivity contribution in [2.24, 2.45) is 11.8 Å². The van der Waals surface area contributed by atoms with E-state index in [2.05, 4.69) is 45.1 Å². The van der Waals surface area contributed by atoms with Crippen LogP contribution in [-0.2, 0) is 9.59 Å². The Balaban J connectivity index is 1.67. The van der Waals surface area contributed by atoms with Crippen molar-refractivity contribution < 1.29 is 24.3 Å². The molecule has 1 aromatic carbocycles. The number of nitrogens with one attached hydrogen (secondary N) is 4. The highest BCUT2D eigenvalue weighted by molar-refractivity contribution is 6.09. The predicted molar refractivity (Wildman–Crippen MR) is 176 cm³/mol. The summed E-state index contributed by atoms with van der Waals surface area (Å²) >= 11 is 0. The van der Waals surface area contributed by atoms with Crippen molar-refractivity contribution in [3.05, 3.63) is 65.7 Å². The smallest absolute Gasteiger partial charge is 0.256 e. The number of unbranched alkanes of at least 4 members (excludes halogenated alkanes) is 2. The second-order valence-electron chi connectivity index (χ2n) is 11.0. The van der Waals surface area contributed by atoms with E-state index in [1.165, 1.54) is 18.2 Å². The van der Waals surface area contributed by atoms with E-state index < -0.39 is 11.8 Å². The number of amides is 4. The van der Waals surface area contributed by atoms with Crippen LogP contribution in [0.4, 0.5) is 23.3 Å². The summed E-state index contributed by atoms with van der Waals surface area (Å²) in [4.78, 5) is 60.2. The molecule has 11 heteroatoms. The summed E-state index contributed by atoms with van der Waals surface area (Å²) < 4.78 is 0. The van der Waals surface area contributed by atoms with Crippen molar-refractivity contribution >= 4 is 46.9 Å². The lowest BCUT2D eigenvalue weighted by atomic mass is 9.98. The Morgan fingerprint density at radius 3 is 1.36 bits per heavy atom. The molecule has 5 N–H and O–H groups in total. The molecule has 0 aliphatic heterocycles. The van der Waals surface area contributed by atoms with Gasteiger partial charge in [0.05, 0.1) is 0 Å². The van der Waals surface area contributed by atoms with Gasteiger partial charge < -0.3 is 26.4 Å². The number of benzene rings is 1. The molecule has 2 unspecified atom stereocenters. The molecule has 240 valence electrons. The van der Waals surface area contributed by atoms with Gasteiger partial charge in [0.15, 0.2) is 0 Å². The monoisotopic (exact) mass is 616 g/mol. The lowest BCUT2D eigenvalue weighted by molar-refractivity contribution is -0.121. The second kappa shape index (κ2) is 17.5. The molecule has 45 heavy (non-hydrogen) atoms. The molecule has 0 aliphatic carbocycles. The maximum Gasteiger partial charge on any atom is 0.256 e. The molecule has 0 aliphatic rings. The lowest BCUT2D eigenvalue weighted by Crippen LogP contribution is -2.23. The van der Waals surface area contributed by atoms with Crippen LogP contribution in [0.5, 0.6) is 5.75 Å². The van der Waals surface area contributed by atoms with Crippen LogP contribution in [0.3, 0.4) is 0 Å². The summed E-state index contributed by atoms with van der Waals surface area (Å²) in [5.41, 5.74) is 0.0438. The average Bonchev–Trinajstić information content (AvgIpc) is 3.01. The molecule has 2 aromatic heterocycles. The van der Waals surface area contributed by atoms with Crippen molar-refractivity contribution in [3.8, 4) is 5.75 Å². The number of aromatic nitrogens is 2. The normalized spacial score (nSPS) is 12.1. The van der Waals surface area contributed by atoms with Gasteiger partial charge in [0.2, 0.25) is 11.8 Å². The summed E-state index contributed by atoms with van der Waals surface area (Å²) in [5, 5.41) is 21.2. The van der Waals surface area contributed by atoms with E-state index in [9.17, 15) is 24.3 Å². The summed E-state index contributed by atoms with van der Waals surface area (Å²) in [6.45, 7) is 8.10. The Labute approximate surface area is 264 Å². The molecule has 3 rings (SSSR count). The van der Waals surface area contributed by atoms with Crippen molar-refractivity contribution in [2.45, 2.75) is 79.1 Å². The molecule has 0 radical (unpaired) electrons. The van der Waals surface area contributed by atoms with Gasteiger partial charge in [-0.25, -0.2) is 9.97 Å². The highest BCUT2D eigenvalue weighted by Crippen LogP contribution is 2.21. The fourth-order valence-electron chi connectivity index (χ4n) is 4.80. The third kappa shape index (κ3) is 10.7. The van der Waals surface area contributed by atoms with Crippen LogP contribution in [0.1, 0.15) is 99.8 Å². The van der Waals surface area contributed by atoms with E-state index in [4.69, 9.17) is 0 Å². The Hall–Kier alpha value is -4.80. The van der Waals surface area contributed by atoms with Crippen LogP contribution >= 0.6 is 0 Å². The third-order valence-electron chi connectivity index (χ3n) is 7.47. The van der Waals surface area contributed by atoms with Gasteiger partial charge in [0, 0.05) is 23.0 Å². The maximum atomic E-state index is 13.1. The number of carbonyl (C=O) groups is 4. The zero-order chi connectivity index (χ0) is 32.8. The molecule has 0 fully saturated rings. The highest BCUT2D eigenvalue weighted by Gasteiger charge is 2.19. The minimum Gasteiger partial charge on any atom is -0.508 e. The van der Waals surface area contributed by atoms with Gasteiger partial charge in [-0.05, 0) is 68.1 Å². The number of hydrogen-bond donors (Lipinski definition) is 5. The fraction of sp³-hybridized carbons (Fsp3) is 0.412. The topological polar surface area (TPSA) is 162 Å². The van der Waals surface area contributed by atoms with Crippen LogP contribution in [0.2, 0.25) is 0 Å². The van der Waals surface area contributed by atoms with Crippen LogP contribution in [0.15, 0.2) is 54.6 Å². The third-order valence-corrected chi connectivity index (χ3v) is 7.47. The van der Waals surface area contributed by atoms with E-state index in [-0.39, 0.29) is 52.2 Å².